The molecule has 0 bridgehead atoms. The minimum Gasteiger partial charge on any atom is -0.493 e. The number of methoxy groups -OCH3 is 1. The lowest BCUT2D eigenvalue weighted by Gasteiger charge is -2.18. The van der Waals surface area contributed by atoms with Gasteiger partial charge in [0, 0.05) is 6.04 Å². The van der Waals surface area contributed by atoms with Crippen LogP contribution in [0.1, 0.15) is 26.7 Å². The first kappa shape index (κ1) is 13.8. The van der Waals surface area contributed by atoms with Crippen LogP contribution >= 0.6 is 0 Å². The summed E-state index contributed by atoms with van der Waals surface area (Å²) >= 11 is 0. The lowest BCUT2D eigenvalue weighted by molar-refractivity contribution is 0.248. The Labute approximate surface area is 104 Å². The summed E-state index contributed by atoms with van der Waals surface area (Å²) in [6.45, 7) is 6.05. The van der Waals surface area contributed by atoms with Gasteiger partial charge in [0.25, 0.3) is 0 Å². The van der Waals surface area contributed by atoms with Gasteiger partial charge in [-0.2, -0.15) is 0 Å². The lowest BCUT2D eigenvalue weighted by atomic mass is 10.2. The van der Waals surface area contributed by atoms with Crippen molar-refractivity contribution in [2.24, 2.45) is 0 Å². The molecule has 0 heterocycles. The van der Waals surface area contributed by atoms with E-state index in [9.17, 15) is 0 Å². The standard InChI is InChI=1S/C14H23NO2/c1-4-10-15-12(5-2)11-17-14-9-7-6-8-13(14)16-3/h6-9,12,15H,4-5,10-11H2,1-3H3. The molecule has 0 radical (unpaired) electrons. The monoisotopic (exact) mass is 237 g/mol. The molecule has 0 aliphatic rings. The summed E-state index contributed by atoms with van der Waals surface area (Å²) in [5.74, 6) is 1.60. The Hall–Kier alpha value is -1.22. The number of nitrogens with one attached hydrogen (secondary N) is 1. The summed E-state index contributed by atoms with van der Waals surface area (Å²) in [5.41, 5.74) is 0. The van der Waals surface area contributed by atoms with Crippen molar-refractivity contribution in [2.75, 3.05) is 20.3 Å². The van der Waals surface area contributed by atoms with E-state index in [2.05, 4.69) is 19.2 Å². The third kappa shape index (κ3) is 4.65. The van der Waals surface area contributed by atoms with Crippen molar-refractivity contribution in [3.63, 3.8) is 0 Å². The van der Waals surface area contributed by atoms with Crippen molar-refractivity contribution in [2.45, 2.75) is 32.7 Å². The molecule has 0 spiro atoms. The fourth-order valence-electron chi connectivity index (χ4n) is 1.60. The molecule has 0 amide bonds. The molecule has 1 aromatic carbocycles. The molecule has 17 heavy (non-hydrogen) atoms. The maximum absolute atomic E-state index is 5.79. The summed E-state index contributed by atoms with van der Waals surface area (Å²) < 4.78 is 11.0. The van der Waals surface area contributed by atoms with E-state index < -0.39 is 0 Å². The Morgan fingerprint density at radius 2 is 1.88 bits per heavy atom. The third-order valence-electron chi connectivity index (χ3n) is 2.68. The zero-order chi connectivity index (χ0) is 12.5. The van der Waals surface area contributed by atoms with Gasteiger partial charge in [-0.05, 0) is 31.5 Å². The van der Waals surface area contributed by atoms with Gasteiger partial charge in [-0.15, -0.1) is 0 Å². The number of rotatable bonds is 8. The summed E-state index contributed by atoms with van der Waals surface area (Å²) in [7, 11) is 1.66. The van der Waals surface area contributed by atoms with Crippen LogP contribution in [0.3, 0.4) is 0 Å². The Kier molecular flexibility index (Phi) is 6.48. The Bertz CT molecular complexity index is 315. The average molecular weight is 237 g/mol. The second-order valence-corrected chi connectivity index (χ2v) is 4.02. The van der Waals surface area contributed by atoms with Crippen LogP contribution < -0.4 is 14.8 Å². The van der Waals surface area contributed by atoms with Crippen LogP contribution in [-0.2, 0) is 0 Å². The molecule has 1 unspecified atom stereocenters. The Morgan fingerprint density at radius 3 is 2.47 bits per heavy atom. The molecule has 0 saturated carbocycles. The van der Waals surface area contributed by atoms with Crippen LogP contribution in [0, 0.1) is 0 Å². The zero-order valence-corrected chi connectivity index (χ0v) is 11.0. The van der Waals surface area contributed by atoms with E-state index in [1.165, 1.54) is 0 Å². The third-order valence-corrected chi connectivity index (χ3v) is 2.68. The fraction of sp³-hybridized carbons (Fsp3) is 0.571. The van der Waals surface area contributed by atoms with E-state index in [4.69, 9.17) is 9.47 Å². The van der Waals surface area contributed by atoms with Crippen molar-refractivity contribution in [1.29, 1.82) is 0 Å². The van der Waals surface area contributed by atoms with E-state index in [-0.39, 0.29) is 0 Å². The average Bonchev–Trinajstić information content (AvgIpc) is 2.39. The molecule has 1 N–H and O–H groups in total. The van der Waals surface area contributed by atoms with Gasteiger partial charge >= 0.3 is 0 Å². The first-order chi connectivity index (χ1) is 8.31. The second kappa shape index (κ2) is 7.96. The first-order valence-electron chi connectivity index (χ1n) is 6.31. The Morgan fingerprint density at radius 1 is 1.18 bits per heavy atom. The molecule has 0 aliphatic heterocycles. The predicted molar refractivity (Wildman–Crippen MR) is 70.9 cm³/mol. The number of benzene rings is 1. The SMILES string of the molecule is CCCNC(CC)COc1ccccc1OC. The quantitative estimate of drug-likeness (QED) is 0.754. The fourth-order valence-corrected chi connectivity index (χ4v) is 1.60. The molecular formula is C14H23NO2. The van der Waals surface area contributed by atoms with Crippen LogP contribution in [0.4, 0.5) is 0 Å². The van der Waals surface area contributed by atoms with Crippen LogP contribution in [0.5, 0.6) is 11.5 Å². The van der Waals surface area contributed by atoms with Gasteiger partial charge in [0.2, 0.25) is 0 Å². The molecule has 0 aliphatic carbocycles. The van der Waals surface area contributed by atoms with E-state index in [1.54, 1.807) is 7.11 Å². The highest BCUT2D eigenvalue weighted by Gasteiger charge is 2.08. The van der Waals surface area contributed by atoms with E-state index in [0.29, 0.717) is 12.6 Å². The molecule has 3 heteroatoms. The van der Waals surface area contributed by atoms with Crippen molar-refractivity contribution in [3.05, 3.63) is 24.3 Å². The summed E-state index contributed by atoms with van der Waals surface area (Å²) in [6, 6.07) is 8.15. The van der Waals surface area contributed by atoms with E-state index >= 15 is 0 Å². The summed E-state index contributed by atoms with van der Waals surface area (Å²) in [4.78, 5) is 0. The smallest absolute Gasteiger partial charge is 0.161 e. The topological polar surface area (TPSA) is 30.5 Å². The normalized spacial score (nSPS) is 12.2. The second-order valence-electron chi connectivity index (χ2n) is 4.02. The van der Waals surface area contributed by atoms with Gasteiger partial charge in [0.15, 0.2) is 11.5 Å². The highest BCUT2D eigenvalue weighted by atomic mass is 16.5. The molecule has 1 rings (SSSR count). The van der Waals surface area contributed by atoms with Gasteiger partial charge in [0.05, 0.1) is 7.11 Å². The molecule has 3 nitrogen and oxygen atoms in total. The van der Waals surface area contributed by atoms with Crippen molar-refractivity contribution in [3.8, 4) is 11.5 Å². The van der Waals surface area contributed by atoms with Gasteiger partial charge < -0.3 is 14.8 Å². The van der Waals surface area contributed by atoms with E-state index in [0.717, 1.165) is 30.9 Å². The molecular weight excluding hydrogens is 214 g/mol. The zero-order valence-electron chi connectivity index (χ0n) is 11.0. The molecule has 1 atom stereocenters. The summed E-state index contributed by atoms with van der Waals surface area (Å²) in [5, 5.41) is 3.46. The van der Waals surface area contributed by atoms with Gasteiger partial charge in [0.1, 0.15) is 6.61 Å². The molecule has 0 saturated heterocycles. The predicted octanol–water partition coefficient (Wildman–Crippen LogP) is 2.85. The van der Waals surface area contributed by atoms with Crippen molar-refractivity contribution >= 4 is 0 Å². The highest BCUT2D eigenvalue weighted by molar-refractivity contribution is 5.39. The van der Waals surface area contributed by atoms with Gasteiger partial charge in [-0.25, -0.2) is 0 Å². The van der Waals surface area contributed by atoms with Gasteiger partial charge in [-0.1, -0.05) is 26.0 Å². The van der Waals surface area contributed by atoms with E-state index in [1.807, 2.05) is 24.3 Å². The number of para-hydroxylation sites is 2. The minimum absolute atomic E-state index is 0.403. The van der Waals surface area contributed by atoms with Crippen molar-refractivity contribution in [1.82, 2.24) is 5.32 Å². The minimum atomic E-state index is 0.403. The summed E-state index contributed by atoms with van der Waals surface area (Å²) in [6.07, 6.45) is 2.21. The number of hydrogen-bond acceptors (Lipinski definition) is 3. The largest absolute Gasteiger partial charge is 0.493 e. The lowest BCUT2D eigenvalue weighted by Crippen LogP contribution is -2.34. The van der Waals surface area contributed by atoms with Crippen LogP contribution in [-0.4, -0.2) is 26.3 Å². The van der Waals surface area contributed by atoms with Crippen molar-refractivity contribution < 1.29 is 9.47 Å². The molecule has 96 valence electrons. The highest BCUT2D eigenvalue weighted by Crippen LogP contribution is 2.25. The maximum atomic E-state index is 5.79. The molecule has 0 fully saturated rings. The van der Waals surface area contributed by atoms with Crippen LogP contribution in [0.2, 0.25) is 0 Å². The van der Waals surface area contributed by atoms with Crippen LogP contribution in [0.25, 0.3) is 0 Å². The Balaban J connectivity index is 2.47. The van der Waals surface area contributed by atoms with Gasteiger partial charge in [-0.3, -0.25) is 0 Å². The molecule has 1 aromatic rings. The molecule has 0 aromatic heterocycles. The van der Waals surface area contributed by atoms with Crippen LogP contribution in [0.15, 0.2) is 24.3 Å². The number of ether oxygens (including phenoxy) is 2. The number of hydrogen-bond donors (Lipinski definition) is 1. The maximum Gasteiger partial charge on any atom is 0.161 e. The first-order valence-corrected chi connectivity index (χ1v) is 6.31.